The predicted molar refractivity (Wildman–Crippen MR) is 257 cm³/mol. The van der Waals surface area contributed by atoms with Crippen LogP contribution in [-0.2, 0) is 5.41 Å². The van der Waals surface area contributed by atoms with E-state index in [0.29, 0.717) is 0 Å². The second-order valence-corrected chi connectivity index (χ2v) is 16.9. The monoisotopic (exact) mass is 779 g/mol. The summed E-state index contributed by atoms with van der Waals surface area (Å²) in [5.41, 5.74) is 17.2. The number of anilines is 3. The summed E-state index contributed by atoms with van der Waals surface area (Å²) in [6.07, 6.45) is 0. The SMILES string of the molecule is CC1(C)c2ccccc2-c2ccc(N(c3cccc(-c4ccc5c(c4)oc4ccccc45)c3)c3cc(-c4cc5ccccc5c5ccccc45)ccc3-c3ccccc3)cc21. The third kappa shape index (κ3) is 5.64. The molecule has 1 aliphatic rings. The number of rotatable bonds is 6. The van der Waals surface area contributed by atoms with Crippen molar-refractivity contribution in [3.8, 4) is 44.5 Å². The van der Waals surface area contributed by atoms with Gasteiger partial charge in [0.2, 0.25) is 0 Å². The lowest BCUT2D eigenvalue weighted by molar-refractivity contribution is 0.660. The summed E-state index contributed by atoms with van der Waals surface area (Å²) in [6, 6.07) is 77.7. The highest BCUT2D eigenvalue weighted by molar-refractivity contribution is 6.14. The molecule has 2 nitrogen and oxygen atoms in total. The van der Waals surface area contributed by atoms with E-state index in [1.807, 2.05) is 12.1 Å². The van der Waals surface area contributed by atoms with Gasteiger partial charge in [0.05, 0.1) is 5.69 Å². The van der Waals surface area contributed by atoms with Crippen molar-refractivity contribution in [2.45, 2.75) is 19.3 Å². The molecule has 1 aromatic heterocycles. The molecule has 0 bridgehead atoms. The molecule has 1 aliphatic carbocycles. The third-order valence-electron chi connectivity index (χ3n) is 13.0. The second kappa shape index (κ2) is 13.7. The van der Waals surface area contributed by atoms with E-state index in [1.54, 1.807) is 0 Å². The summed E-state index contributed by atoms with van der Waals surface area (Å²) in [7, 11) is 0. The first-order chi connectivity index (χ1) is 30.0. The molecule has 0 atom stereocenters. The standard InChI is InChI=1S/C59H41NO/c1-59(2)54-25-12-10-23-49(54)50-32-29-44(37-55(50)59)60(43-19-14-18-39(33-43)40-27-31-52-51-24-11-13-26-57(51)61-58(52)36-40)56-35-42(28-30-46(56)38-15-4-3-5-16-38)53-34-41-17-6-7-20-45(41)47-21-8-9-22-48(47)53/h3-37H,1-2H3. The zero-order valence-corrected chi connectivity index (χ0v) is 34.1. The van der Waals surface area contributed by atoms with Crippen molar-refractivity contribution in [3.63, 3.8) is 0 Å². The van der Waals surface area contributed by atoms with Gasteiger partial charge in [-0.05, 0) is 126 Å². The Balaban J connectivity index is 1.11. The molecule has 0 spiro atoms. The van der Waals surface area contributed by atoms with Gasteiger partial charge in [-0.2, -0.15) is 0 Å². The molecular weight excluding hydrogens is 739 g/mol. The minimum absolute atomic E-state index is 0.161. The van der Waals surface area contributed by atoms with E-state index < -0.39 is 0 Å². The molecule has 12 rings (SSSR count). The van der Waals surface area contributed by atoms with Gasteiger partial charge in [0.1, 0.15) is 11.2 Å². The molecule has 11 aromatic rings. The highest BCUT2D eigenvalue weighted by Crippen LogP contribution is 2.52. The van der Waals surface area contributed by atoms with Gasteiger partial charge in [-0.25, -0.2) is 0 Å². The fourth-order valence-corrected chi connectivity index (χ4v) is 10.0. The van der Waals surface area contributed by atoms with Crippen molar-refractivity contribution < 1.29 is 4.42 Å². The maximum absolute atomic E-state index is 6.39. The number of benzene rings is 10. The van der Waals surface area contributed by atoms with Crippen LogP contribution < -0.4 is 4.90 Å². The van der Waals surface area contributed by atoms with Gasteiger partial charge < -0.3 is 9.32 Å². The van der Waals surface area contributed by atoms with Crippen LogP contribution in [0.25, 0.3) is 88.0 Å². The van der Waals surface area contributed by atoms with Crippen LogP contribution in [0.2, 0.25) is 0 Å². The average Bonchev–Trinajstić information content (AvgIpc) is 3.80. The molecule has 0 unspecified atom stereocenters. The minimum Gasteiger partial charge on any atom is -0.456 e. The van der Waals surface area contributed by atoms with E-state index in [1.165, 1.54) is 54.9 Å². The fourth-order valence-electron chi connectivity index (χ4n) is 10.0. The number of fused-ring (bicyclic) bond motifs is 9. The van der Waals surface area contributed by atoms with E-state index in [0.717, 1.165) is 61.3 Å². The van der Waals surface area contributed by atoms with Crippen LogP contribution in [0.4, 0.5) is 17.1 Å². The van der Waals surface area contributed by atoms with Gasteiger partial charge >= 0.3 is 0 Å². The van der Waals surface area contributed by atoms with Crippen LogP contribution in [0, 0.1) is 0 Å². The fraction of sp³-hybridized carbons (Fsp3) is 0.0508. The van der Waals surface area contributed by atoms with Gasteiger partial charge in [-0.1, -0.05) is 172 Å². The van der Waals surface area contributed by atoms with Gasteiger partial charge in [0.25, 0.3) is 0 Å². The zero-order valence-electron chi connectivity index (χ0n) is 34.1. The summed E-state index contributed by atoms with van der Waals surface area (Å²) in [4.78, 5) is 2.48. The van der Waals surface area contributed by atoms with Crippen molar-refractivity contribution in [3.05, 3.63) is 223 Å². The summed E-state index contributed by atoms with van der Waals surface area (Å²) >= 11 is 0. The quantitative estimate of drug-likeness (QED) is 0.156. The molecule has 288 valence electrons. The number of hydrogen-bond donors (Lipinski definition) is 0. The first kappa shape index (κ1) is 35.3. The van der Waals surface area contributed by atoms with Crippen LogP contribution in [0.15, 0.2) is 217 Å². The summed E-state index contributed by atoms with van der Waals surface area (Å²) < 4.78 is 6.39. The average molecular weight is 780 g/mol. The first-order valence-electron chi connectivity index (χ1n) is 21.2. The second-order valence-electron chi connectivity index (χ2n) is 16.9. The Morgan fingerprint density at radius 2 is 0.984 bits per heavy atom. The first-order valence-corrected chi connectivity index (χ1v) is 21.2. The van der Waals surface area contributed by atoms with Crippen LogP contribution >= 0.6 is 0 Å². The highest BCUT2D eigenvalue weighted by Gasteiger charge is 2.36. The Morgan fingerprint density at radius 3 is 1.87 bits per heavy atom. The van der Waals surface area contributed by atoms with Crippen molar-refractivity contribution in [2.75, 3.05) is 4.90 Å². The van der Waals surface area contributed by atoms with Gasteiger partial charge in [0, 0.05) is 33.1 Å². The molecule has 61 heavy (non-hydrogen) atoms. The lowest BCUT2D eigenvalue weighted by Crippen LogP contribution is -2.17. The maximum atomic E-state index is 6.39. The Morgan fingerprint density at radius 1 is 0.344 bits per heavy atom. The van der Waals surface area contributed by atoms with Crippen LogP contribution in [0.1, 0.15) is 25.0 Å². The lowest BCUT2D eigenvalue weighted by atomic mass is 9.82. The van der Waals surface area contributed by atoms with E-state index >= 15 is 0 Å². The molecule has 1 heterocycles. The van der Waals surface area contributed by atoms with Gasteiger partial charge in [-0.15, -0.1) is 0 Å². The zero-order chi connectivity index (χ0) is 40.7. The molecule has 0 radical (unpaired) electrons. The predicted octanol–water partition coefficient (Wildman–Crippen LogP) is 16.7. The number of para-hydroxylation sites is 1. The van der Waals surface area contributed by atoms with Gasteiger partial charge in [0.15, 0.2) is 0 Å². The molecular formula is C59H41NO. The van der Waals surface area contributed by atoms with Crippen LogP contribution in [-0.4, -0.2) is 0 Å². The molecule has 0 saturated carbocycles. The third-order valence-corrected chi connectivity index (χ3v) is 13.0. The topological polar surface area (TPSA) is 16.4 Å². The Kier molecular flexibility index (Phi) is 7.92. The van der Waals surface area contributed by atoms with Crippen molar-refractivity contribution in [1.29, 1.82) is 0 Å². The van der Waals surface area contributed by atoms with Crippen molar-refractivity contribution >= 4 is 60.5 Å². The number of furan rings is 1. The minimum atomic E-state index is -0.161. The van der Waals surface area contributed by atoms with Crippen LogP contribution in [0.5, 0.6) is 0 Å². The summed E-state index contributed by atoms with van der Waals surface area (Å²) in [6.45, 7) is 4.73. The Bertz CT molecular complexity index is 3520. The number of hydrogen-bond acceptors (Lipinski definition) is 2. The van der Waals surface area contributed by atoms with E-state index in [4.69, 9.17) is 4.42 Å². The smallest absolute Gasteiger partial charge is 0.136 e. The Labute approximate surface area is 355 Å². The van der Waals surface area contributed by atoms with Crippen molar-refractivity contribution in [1.82, 2.24) is 0 Å². The summed E-state index contributed by atoms with van der Waals surface area (Å²) in [5, 5.41) is 7.27. The van der Waals surface area contributed by atoms with Crippen molar-refractivity contribution in [2.24, 2.45) is 0 Å². The lowest BCUT2D eigenvalue weighted by Gasteiger charge is -2.30. The molecule has 0 aliphatic heterocycles. The largest absolute Gasteiger partial charge is 0.456 e. The molecule has 10 aromatic carbocycles. The van der Waals surface area contributed by atoms with E-state index in [-0.39, 0.29) is 5.41 Å². The molecule has 0 saturated heterocycles. The molecule has 2 heteroatoms. The number of nitrogens with zero attached hydrogens (tertiary/aromatic N) is 1. The van der Waals surface area contributed by atoms with Gasteiger partial charge in [-0.3, -0.25) is 0 Å². The molecule has 0 N–H and O–H groups in total. The van der Waals surface area contributed by atoms with E-state index in [2.05, 4.69) is 219 Å². The van der Waals surface area contributed by atoms with E-state index in [9.17, 15) is 0 Å². The van der Waals surface area contributed by atoms with Crippen LogP contribution in [0.3, 0.4) is 0 Å². The molecule has 0 fully saturated rings. The Hall–Kier alpha value is -7.68. The summed E-state index contributed by atoms with van der Waals surface area (Å²) in [5.74, 6) is 0. The normalized spacial score (nSPS) is 12.9. The highest BCUT2D eigenvalue weighted by atomic mass is 16.3. The molecule has 0 amide bonds. The maximum Gasteiger partial charge on any atom is 0.136 e.